The van der Waals surface area contributed by atoms with E-state index < -0.39 is 16.1 Å². The summed E-state index contributed by atoms with van der Waals surface area (Å²) in [7, 11) is -3.68. The summed E-state index contributed by atoms with van der Waals surface area (Å²) in [4.78, 5) is 14.9. The molecule has 1 saturated heterocycles. The summed E-state index contributed by atoms with van der Waals surface area (Å²) >= 11 is 0. The first-order valence-electron chi connectivity index (χ1n) is 9.83. The molecule has 9 nitrogen and oxygen atoms in total. The van der Waals surface area contributed by atoms with Gasteiger partial charge in [-0.05, 0) is 32.0 Å². The Morgan fingerprint density at radius 1 is 1.17 bits per heavy atom. The highest BCUT2D eigenvalue weighted by Gasteiger charge is 2.30. The van der Waals surface area contributed by atoms with E-state index in [4.69, 9.17) is 14.2 Å². The zero-order valence-electron chi connectivity index (χ0n) is 16.9. The van der Waals surface area contributed by atoms with Crippen molar-refractivity contribution in [3.8, 4) is 11.5 Å². The van der Waals surface area contributed by atoms with Crippen LogP contribution in [0.3, 0.4) is 0 Å². The van der Waals surface area contributed by atoms with Crippen LogP contribution in [0.5, 0.6) is 11.5 Å². The summed E-state index contributed by atoms with van der Waals surface area (Å²) in [5.74, 6) is 0.696. The van der Waals surface area contributed by atoms with Gasteiger partial charge >= 0.3 is 0 Å². The molecule has 0 bridgehead atoms. The molecule has 3 rings (SSSR count). The molecule has 2 aliphatic rings. The molecule has 1 atom stereocenters. The number of rotatable bonds is 8. The van der Waals surface area contributed by atoms with Gasteiger partial charge in [-0.25, -0.2) is 8.42 Å². The highest BCUT2D eigenvalue weighted by Crippen LogP contribution is 2.35. The van der Waals surface area contributed by atoms with Gasteiger partial charge in [0.05, 0.1) is 25.2 Å². The van der Waals surface area contributed by atoms with Crippen LogP contribution >= 0.6 is 0 Å². The third kappa shape index (κ3) is 5.74. The van der Waals surface area contributed by atoms with E-state index in [2.05, 4.69) is 10.2 Å². The van der Waals surface area contributed by atoms with E-state index in [-0.39, 0.29) is 5.91 Å². The Morgan fingerprint density at radius 3 is 2.55 bits per heavy atom. The Bertz CT molecular complexity index is 810. The Kier molecular flexibility index (Phi) is 7.20. The fourth-order valence-electron chi connectivity index (χ4n) is 3.46. The quantitative estimate of drug-likeness (QED) is 0.602. The number of carbonyl (C=O) groups is 1. The van der Waals surface area contributed by atoms with Gasteiger partial charge in [-0.1, -0.05) is 0 Å². The first-order chi connectivity index (χ1) is 13.9. The van der Waals surface area contributed by atoms with Crippen LogP contribution in [0.4, 0.5) is 5.69 Å². The summed E-state index contributed by atoms with van der Waals surface area (Å²) < 4.78 is 42.3. The number of amides is 1. The van der Waals surface area contributed by atoms with Crippen molar-refractivity contribution in [3.63, 3.8) is 0 Å². The normalized spacial score (nSPS) is 18.1. The number of benzene rings is 1. The molecule has 0 aromatic heterocycles. The smallest absolute Gasteiger partial charge is 0.243 e. The van der Waals surface area contributed by atoms with E-state index in [1.807, 2.05) is 0 Å². The Hall–Kier alpha value is -2.04. The second-order valence-corrected chi connectivity index (χ2v) is 9.02. The molecule has 2 heterocycles. The zero-order valence-corrected chi connectivity index (χ0v) is 17.7. The fourth-order valence-corrected chi connectivity index (χ4v) is 4.63. The number of nitrogens with zero attached hydrogens (tertiary/aromatic N) is 2. The van der Waals surface area contributed by atoms with E-state index in [9.17, 15) is 13.2 Å². The minimum atomic E-state index is -3.68. The Morgan fingerprint density at radius 2 is 1.86 bits per heavy atom. The van der Waals surface area contributed by atoms with E-state index in [1.165, 1.54) is 0 Å². The molecule has 0 spiro atoms. The minimum Gasteiger partial charge on any atom is -0.486 e. The zero-order chi connectivity index (χ0) is 20.9. The number of ether oxygens (including phenoxy) is 3. The van der Waals surface area contributed by atoms with Crippen LogP contribution in [-0.2, 0) is 19.6 Å². The van der Waals surface area contributed by atoms with E-state index in [1.54, 1.807) is 25.1 Å². The maximum atomic E-state index is 12.6. The molecule has 0 radical (unpaired) electrons. The van der Waals surface area contributed by atoms with Crippen molar-refractivity contribution in [3.05, 3.63) is 18.2 Å². The molecule has 1 aromatic carbocycles. The van der Waals surface area contributed by atoms with Crippen molar-refractivity contribution in [2.24, 2.45) is 0 Å². The molecule has 10 heteroatoms. The molecular formula is C19H29N3O6S. The van der Waals surface area contributed by atoms with Crippen LogP contribution in [0.15, 0.2) is 18.2 Å². The second kappa shape index (κ2) is 9.64. The van der Waals surface area contributed by atoms with E-state index in [0.29, 0.717) is 36.9 Å². The number of anilines is 1. The molecule has 1 aromatic rings. The van der Waals surface area contributed by atoms with Crippen molar-refractivity contribution in [1.29, 1.82) is 0 Å². The summed E-state index contributed by atoms with van der Waals surface area (Å²) in [6.07, 6.45) is 1.88. The van der Waals surface area contributed by atoms with Gasteiger partial charge in [0.15, 0.2) is 11.5 Å². The largest absolute Gasteiger partial charge is 0.486 e. The molecule has 162 valence electrons. The molecule has 1 fully saturated rings. The van der Waals surface area contributed by atoms with Gasteiger partial charge in [0.1, 0.15) is 19.3 Å². The van der Waals surface area contributed by atoms with Crippen molar-refractivity contribution in [2.75, 3.05) is 63.2 Å². The van der Waals surface area contributed by atoms with E-state index >= 15 is 0 Å². The van der Waals surface area contributed by atoms with Gasteiger partial charge in [-0.2, -0.15) is 0 Å². The highest BCUT2D eigenvalue weighted by atomic mass is 32.2. The van der Waals surface area contributed by atoms with Gasteiger partial charge in [0.25, 0.3) is 0 Å². The maximum Gasteiger partial charge on any atom is 0.243 e. The van der Waals surface area contributed by atoms with Crippen LogP contribution in [0.25, 0.3) is 0 Å². The van der Waals surface area contributed by atoms with E-state index in [0.717, 1.165) is 49.8 Å². The van der Waals surface area contributed by atoms with Gasteiger partial charge < -0.3 is 19.5 Å². The van der Waals surface area contributed by atoms with Gasteiger partial charge in [-0.15, -0.1) is 0 Å². The first kappa shape index (κ1) is 21.7. The molecule has 0 aliphatic carbocycles. The van der Waals surface area contributed by atoms with Crippen molar-refractivity contribution in [1.82, 2.24) is 10.2 Å². The van der Waals surface area contributed by atoms with Crippen LogP contribution in [0.2, 0.25) is 0 Å². The molecule has 0 unspecified atom stereocenters. The average molecular weight is 428 g/mol. The van der Waals surface area contributed by atoms with Crippen LogP contribution in [-0.4, -0.2) is 84.1 Å². The number of morpholine rings is 1. The number of nitrogens with one attached hydrogen (secondary N) is 1. The molecule has 29 heavy (non-hydrogen) atoms. The van der Waals surface area contributed by atoms with Crippen LogP contribution < -0.4 is 19.1 Å². The summed E-state index contributed by atoms with van der Waals surface area (Å²) in [6, 6.07) is 3.99. The molecule has 2 aliphatic heterocycles. The number of hydrogen-bond acceptors (Lipinski definition) is 7. The summed E-state index contributed by atoms with van der Waals surface area (Å²) in [5.41, 5.74) is 0.368. The lowest BCUT2D eigenvalue weighted by Crippen LogP contribution is -2.48. The lowest BCUT2D eigenvalue weighted by Gasteiger charge is -2.29. The standard InChI is InChI=1S/C19H29N3O6S/c1-15(19(23)20-6-3-7-21-8-10-26-11-9-21)22(29(2,24)25)16-4-5-17-18(14-16)28-13-12-27-17/h4-5,14-15H,3,6-13H2,1-2H3,(H,20,23)/t15-/m1/s1. The lowest BCUT2D eigenvalue weighted by molar-refractivity contribution is -0.121. The average Bonchev–Trinajstić information content (AvgIpc) is 2.70. The predicted molar refractivity (Wildman–Crippen MR) is 109 cm³/mol. The van der Waals surface area contributed by atoms with Gasteiger partial charge in [0, 0.05) is 25.7 Å². The Labute approximate surface area is 171 Å². The monoisotopic (exact) mass is 427 g/mol. The molecule has 1 amide bonds. The van der Waals surface area contributed by atoms with Crippen molar-refractivity contribution in [2.45, 2.75) is 19.4 Å². The summed E-state index contributed by atoms with van der Waals surface area (Å²) in [5, 5.41) is 2.85. The van der Waals surface area contributed by atoms with Crippen molar-refractivity contribution >= 4 is 21.6 Å². The number of carbonyl (C=O) groups excluding carboxylic acids is 1. The minimum absolute atomic E-state index is 0.340. The number of hydrogen-bond donors (Lipinski definition) is 1. The topological polar surface area (TPSA) is 97.4 Å². The summed E-state index contributed by atoms with van der Waals surface area (Å²) in [6.45, 7) is 7.06. The number of fused-ring (bicyclic) bond motifs is 1. The molecule has 0 saturated carbocycles. The van der Waals surface area contributed by atoms with Gasteiger partial charge in [0.2, 0.25) is 15.9 Å². The fraction of sp³-hybridized carbons (Fsp3) is 0.632. The highest BCUT2D eigenvalue weighted by molar-refractivity contribution is 7.92. The first-order valence-corrected chi connectivity index (χ1v) is 11.7. The van der Waals surface area contributed by atoms with Gasteiger partial charge in [-0.3, -0.25) is 14.0 Å². The molecular weight excluding hydrogens is 398 g/mol. The number of sulfonamides is 1. The lowest BCUT2D eigenvalue weighted by atomic mass is 10.2. The third-order valence-electron chi connectivity index (χ3n) is 4.92. The maximum absolute atomic E-state index is 12.6. The Balaban J connectivity index is 1.61. The van der Waals surface area contributed by atoms with Crippen molar-refractivity contribution < 1.29 is 27.4 Å². The predicted octanol–water partition coefficient (Wildman–Crippen LogP) is 0.451. The van der Waals surface area contributed by atoms with Crippen LogP contribution in [0.1, 0.15) is 13.3 Å². The SMILES string of the molecule is C[C@H](C(=O)NCCCN1CCOCC1)N(c1ccc2c(c1)OCCO2)S(C)(=O)=O. The third-order valence-corrected chi connectivity index (χ3v) is 6.16. The molecule has 1 N–H and O–H groups in total. The van der Waals surface area contributed by atoms with Crippen LogP contribution in [0, 0.1) is 0 Å². The second-order valence-electron chi connectivity index (χ2n) is 7.16.